The molecule has 3 aliphatic carbocycles. The predicted molar refractivity (Wildman–Crippen MR) is 139 cm³/mol. The van der Waals surface area contributed by atoms with E-state index in [0.29, 0.717) is 48.0 Å². The largest absolute Gasteiger partial charge is 0.504 e. The molecule has 0 bridgehead atoms. The normalized spacial score (nSPS) is 26.2. The minimum Gasteiger partial charge on any atom is -0.504 e. The molecule has 0 aromatic heterocycles. The SMILES string of the molecule is COc1ccc([C@H]2C3=CC[C@@H]4C(=O)N(CCCCCC(=O)O)C(=O)[C@@H]4[C@@H]3CC3=C2C(=O)C=C(C)C3=O)cc1O. The lowest BCUT2D eigenvalue weighted by Crippen LogP contribution is -2.39. The summed E-state index contributed by atoms with van der Waals surface area (Å²) in [7, 11) is 1.44. The highest BCUT2D eigenvalue weighted by molar-refractivity contribution is 6.23. The number of imide groups is 1. The average molecular weight is 534 g/mol. The van der Waals surface area contributed by atoms with E-state index in [-0.39, 0.29) is 54.3 Å². The van der Waals surface area contributed by atoms with E-state index >= 15 is 0 Å². The lowest BCUT2D eigenvalue weighted by atomic mass is 9.59. The van der Waals surface area contributed by atoms with Crippen LogP contribution in [0.2, 0.25) is 0 Å². The van der Waals surface area contributed by atoms with E-state index in [1.165, 1.54) is 24.2 Å². The number of nitrogens with zero attached hydrogens (tertiary/aromatic N) is 1. The van der Waals surface area contributed by atoms with Crippen LogP contribution in [-0.2, 0) is 24.0 Å². The number of fused-ring (bicyclic) bond motifs is 3. The Balaban J connectivity index is 1.50. The summed E-state index contributed by atoms with van der Waals surface area (Å²) in [6.45, 7) is 1.83. The standard InChI is InChI=1S/C30H31NO8/c1-15-12-22(33)27-20(28(15)36)14-19-17(25(27)16-7-10-23(39-2)21(32)13-16)8-9-18-26(19)30(38)31(29(18)37)11-5-3-4-6-24(34)35/h7-8,10,12-13,18-19,25-26,32H,3-6,9,11,14H2,1-2H3,(H,34,35)/t18-,19+,25-,26-/m0/s1. The number of Topliss-reactive ketones (excluding diaryl/α,β-unsaturated/α-hetero) is 1. The summed E-state index contributed by atoms with van der Waals surface area (Å²) < 4.78 is 5.18. The van der Waals surface area contributed by atoms with Gasteiger partial charge >= 0.3 is 5.97 Å². The van der Waals surface area contributed by atoms with Crippen molar-refractivity contribution in [1.82, 2.24) is 4.90 Å². The highest BCUT2D eigenvalue weighted by Crippen LogP contribution is 2.55. The van der Waals surface area contributed by atoms with Crippen LogP contribution in [0.25, 0.3) is 0 Å². The molecule has 0 radical (unpaired) electrons. The van der Waals surface area contributed by atoms with Crippen LogP contribution < -0.4 is 4.74 Å². The molecule has 1 aliphatic heterocycles. The van der Waals surface area contributed by atoms with E-state index < -0.39 is 29.6 Å². The van der Waals surface area contributed by atoms with Gasteiger partial charge in [-0.05, 0) is 62.3 Å². The number of rotatable bonds is 8. The summed E-state index contributed by atoms with van der Waals surface area (Å²) in [4.78, 5) is 65.7. The van der Waals surface area contributed by atoms with E-state index in [9.17, 15) is 29.1 Å². The monoisotopic (exact) mass is 533 g/mol. The van der Waals surface area contributed by atoms with Gasteiger partial charge in [-0.2, -0.15) is 0 Å². The number of carbonyl (C=O) groups excluding carboxylic acids is 4. The molecule has 1 aromatic carbocycles. The van der Waals surface area contributed by atoms with E-state index in [2.05, 4.69) is 0 Å². The fourth-order valence-corrected chi connectivity index (χ4v) is 6.66. The first kappa shape index (κ1) is 26.6. The zero-order chi connectivity index (χ0) is 28.0. The maximum Gasteiger partial charge on any atom is 0.303 e. The first-order chi connectivity index (χ1) is 18.6. The van der Waals surface area contributed by atoms with Crippen molar-refractivity contribution in [3.05, 3.63) is 58.2 Å². The molecule has 0 saturated carbocycles. The summed E-state index contributed by atoms with van der Waals surface area (Å²) in [5, 5.41) is 19.4. The van der Waals surface area contributed by atoms with Crippen LogP contribution >= 0.6 is 0 Å². The highest BCUT2D eigenvalue weighted by atomic mass is 16.5. The van der Waals surface area contributed by atoms with Gasteiger partial charge in [0.1, 0.15) is 0 Å². The first-order valence-electron chi connectivity index (χ1n) is 13.3. The fourth-order valence-electron chi connectivity index (χ4n) is 6.66. The summed E-state index contributed by atoms with van der Waals surface area (Å²) in [5.41, 5.74) is 2.50. The molecule has 4 aliphatic rings. The van der Waals surface area contributed by atoms with Crippen LogP contribution in [0, 0.1) is 17.8 Å². The minimum atomic E-state index is -0.875. The maximum absolute atomic E-state index is 13.7. The number of unbranched alkanes of at least 4 members (excludes halogenated alkanes) is 2. The number of ether oxygens (including phenoxy) is 1. The highest BCUT2D eigenvalue weighted by Gasteiger charge is 2.56. The van der Waals surface area contributed by atoms with Crippen molar-refractivity contribution in [3.8, 4) is 11.5 Å². The van der Waals surface area contributed by atoms with Gasteiger partial charge in [-0.1, -0.05) is 24.1 Å². The minimum absolute atomic E-state index is 0.0445. The number of aromatic hydroxyl groups is 1. The van der Waals surface area contributed by atoms with Gasteiger partial charge in [0.25, 0.3) is 0 Å². The first-order valence-corrected chi connectivity index (χ1v) is 13.3. The molecule has 1 fully saturated rings. The van der Waals surface area contributed by atoms with Gasteiger partial charge in [-0.3, -0.25) is 28.9 Å². The smallest absolute Gasteiger partial charge is 0.303 e. The van der Waals surface area contributed by atoms with Gasteiger partial charge in [-0.25, -0.2) is 0 Å². The Bertz CT molecular complexity index is 1380. The summed E-state index contributed by atoms with van der Waals surface area (Å²) >= 11 is 0. The lowest BCUT2D eigenvalue weighted by molar-refractivity contribution is -0.141. The molecule has 9 nitrogen and oxygen atoms in total. The molecule has 0 unspecified atom stereocenters. The van der Waals surface area contributed by atoms with Crippen molar-refractivity contribution in [2.75, 3.05) is 13.7 Å². The third kappa shape index (κ3) is 4.49. The summed E-state index contributed by atoms with van der Waals surface area (Å²) in [6, 6.07) is 4.88. The Labute approximate surface area is 225 Å². The van der Waals surface area contributed by atoms with Gasteiger partial charge in [0.15, 0.2) is 23.1 Å². The third-order valence-corrected chi connectivity index (χ3v) is 8.46. The number of benzene rings is 1. The number of allylic oxidation sites excluding steroid dienone is 6. The van der Waals surface area contributed by atoms with Crippen LogP contribution in [0.4, 0.5) is 0 Å². The van der Waals surface area contributed by atoms with Crippen molar-refractivity contribution in [3.63, 3.8) is 0 Å². The van der Waals surface area contributed by atoms with Crippen molar-refractivity contribution >= 4 is 29.4 Å². The van der Waals surface area contributed by atoms with Gasteiger partial charge in [0, 0.05) is 35.6 Å². The van der Waals surface area contributed by atoms with E-state index in [4.69, 9.17) is 9.84 Å². The fraction of sp³-hybridized carbons (Fsp3) is 0.433. The molecule has 0 spiro atoms. The molecule has 1 heterocycles. The molecule has 39 heavy (non-hydrogen) atoms. The predicted octanol–water partition coefficient (Wildman–Crippen LogP) is 3.48. The lowest BCUT2D eigenvalue weighted by Gasteiger charge is -2.42. The Hall–Kier alpha value is -4.01. The second-order valence-corrected chi connectivity index (χ2v) is 10.7. The molecule has 1 aromatic rings. The van der Waals surface area contributed by atoms with Crippen molar-refractivity contribution in [1.29, 1.82) is 0 Å². The van der Waals surface area contributed by atoms with E-state index in [1.807, 2.05) is 6.08 Å². The molecule has 9 heteroatoms. The summed E-state index contributed by atoms with van der Waals surface area (Å²) in [5.74, 6) is -3.97. The number of carboxylic acid groups (broad SMARTS) is 1. The number of likely N-dealkylation sites (tertiary alicyclic amines) is 1. The van der Waals surface area contributed by atoms with Crippen LogP contribution in [-0.4, -0.2) is 58.1 Å². The molecule has 4 atom stereocenters. The zero-order valence-corrected chi connectivity index (χ0v) is 21.9. The zero-order valence-electron chi connectivity index (χ0n) is 21.9. The molecule has 204 valence electrons. The number of amides is 2. The van der Waals surface area contributed by atoms with Crippen molar-refractivity contribution in [2.24, 2.45) is 17.8 Å². The number of methoxy groups -OCH3 is 1. The van der Waals surface area contributed by atoms with Crippen LogP contribution in [0.15, 0.2) is 52.6 Å². The average Bonchev–Trinajstić information content (AvgIpc) is 3.15. The van der Waals surface area contributed by atoms with Gasteiger partial charge in [-0.15, -0.1) is 0 Å². The maximum atomic E-state index is 13.7. The molecule has 2 amide bonds. The Morgan fingerprint density at radius 1 is 1.08 bits per heavy atom. The third-order valence-electron chi connectivity index (χ3n) is 8.46. The number of carbonyl (C=O) groups is 5. The topological polar surface area (TPSA) is 138 Å². The summed E-state index contributed by atoms with van der Waals surface area (Å²) in [6.07, 6.45) is 5.46. The number of ketones is 2. The van der Waals surface area contributed by atoms with Crippen LogP contribution in [0.5, 0.6) is 11.5 Å². The van der Waals surface area contributed by atoms with Gasteiger partial charge in [0.2, 0.25) is 11.8 Å². The molecular formula is C30H31NO8. The number of aliphatic carboxylic acids is 1. The van der Waals surface area contributed by atoms with Crippen molar-refractivity contribution in [2.45, 2.75) is 51.4 Å². The Morgan fingerprint density at radius 3 is 2.54 bits per heavy atom. The molecule has 2 N–H and O–H groups in total. The molecular weight excluding hydrogens is 502 g/mol. The number of phenolic OH excluding ortho intramolecular Hbond substituents is 1. The molecule has 1 saturated heterocycles. The molecule has 5 rings (SSSR count). The number of carboxylic acids is 1. The van der Waals surface area contributed by atoms with Crippen molar-refractivity contribution < 1.29 is 38.9 Å². The van der Waals surface area contributed by atoms with E-state index in [1.54, 1.807) is 19.1 Å². The van der Waals surface area contributed by atoms with Crippen LogP contribution in [0.3, 0.4) is 0 Å². The second-order valence-electron chi connectivity index (χ2n) is 10.7. The Morgan fingerprint density at radius 2 is 1.85 bits per heavy atom. The number of phenols is 1. The Kier molecular flexibility index (Phi) is 7.01. The second kappa shape index (κ2) is 10.3. The number of hydrogen-bond donors (Lipinski definition) is 2. The van der Waals surface area contributed by atoms with Gasteiger partial charge in [0.05, 0.1) is 18.9 Å². The van der Waals surface area contributed by atoms with Gasteiger partial charge < -0.3 is 14.9 Å². The number of hydrogen-bond acceptors (Lipinski definition) is 7. The van der Waals surface area contributed by atoms with E-state index in [0.717, 1.165) is 5.57 Å². The van der Waals surface area contributed by atoms with Crippen LogP contribution in [0.1, 0.15) is 56.9 Å². The quantitative estimate of drug-likeness (QED) is 0.224.